The molecule has 0 fully saturated rings. The number of nitrogens with zero attached hydrogens (tertiary/aromatic N) is 2. The number of pyridine rings is 1. The van der Waals surface area contributed by atoms with Crippen LogP contribution in [0.4, 0.5) is 11.5 Å². The summed E-state index contributed by atoms with van der Waals surface area (Å²) in [5.74, 6) is 0.117. The van der Waals surface area contributed by atoms with Crippen molar-refractivity contribution in [3.63, 3.8) is 0 Å². The molecule has 0 saturated heterocycles. The molecule has 0 unspecified atom stereocenters. The van der Waals surface area contributed by atoms with Gasteiger partial charge in [0, 0.05) is 13.6 Å². The van der Waals surface area contributed by atoms with Gasteiger partial charge in [-0.05, 0) is 24.1 Å². The number of carbonyl (C=O) groups excluding carboxylic acids is 1. The molecule has 0 spiro atoms. The number of rotatable bonds is 4. The second-order valence-corrected chi connectivity index (χ2v) is 4.78. The van der Waals surface area contributed by atoms with E-state index in [0.717, 1.165) is 0 Å². The molecule has 2 aromatic rings. The van der Waals surface area contributed by atoms with Crippen LogP contribution >= 0.6 is 0 Å². The summed E-state index contributed by atoms with van der Waals surface area (Å²) in [6.07, 6.45) is 1.46. The summed E-state index contributed by atoms with van der Waals surface area (Å²) in [6.45, 7) is 2.76. The zero-order chi connectivity index (χ0) is 14.7. The summed E-state index contributed by atoms with van der Waals surface area (Å²) in [7, 11) is 1.91. The predicted octanol–water partition coefficient (Wildman–Crippen LogP) is 1.71. The van der Waals surface area contributed by atoms with E-state index in [-0.39, 0.29) is 0 Å². The van der Waals surface area contributed by atoms with E-state index in [1.807, 2.05) is 24.1 Å². The summed E-state index contributed by atoms with van der Waals surface area (Å²) < 4.78 is 0. The first-order valence-corrected chi connectivity index (χ1v) is 6.30. The van der Waals surface area contributed by atoms with E-state index in [0.29, 0.717) is 23.6 Å². The van der Waals surface area contributed by atoms with Gasteiger partial charge < -0.3 is 16.4 Å². The standard InChI is InChI=1S/C15H18N4O/c1-10-5-3-4-6-11(10)9-19(2)14-7-12(15(17)20)13(16)8-18-14/h3-8H,9,16H2,1-2H3,(H2,17,20). The molecule has 2 rings (SSSR count). The minimum atomic E-state index is -0.546. The minimum absolute atomic E-state index is 0.297. The molecule has 0 aliphatic rings. The van der Waals surface area contributed by atoms with Crippen molar-refractivity contribution < 1.29 is 4.79 Å². The first kappa shape index (κ1) is 13.9. The largest absolute Gasteiger partial charge is 0.397 e. The van der Waals surface area contributed by atoms with Gasteiger partial charge in [0.2, 0.25) is 0 Å². The van der Waals surface area contributed by atoms with Crippen LogP contribution < -0.4 is 16.4 Å². The number of hydrogen-bond acceptors (Lipinski definition) is 4. The Bertz CT molecular complexity index is 640. The Kier molecular flexibility index (Phi) is 3.89. The average molecular weight is 270 g/mol. The number of hydrogen-bond donors (Lipinski definition) is 2. The van der Waals surface area contributed by atoms with Crippen molar-refractivity contribution in [2.75, 3.05) is 17.7 Å². The maximum Gasteiger partial charge on any atom is 0.250 e. The second kappa shape index (κ2) is 5.61. The van der Waals surface area contributed by atoms with Crippen LogP contribution in [0.5, 0.6) is 0 Å². The molecule has 1 amide bonds. The molecule has 104 valence electrons. The van der Waals surface area contributed by atoms with Gasteiger partial charge in [0.15, 0.2) is 0 Å². The maximum atomic E-state index is 11.3. The quantitative estimate of drug-likeness (QED) is 0.885. The SMILES string of the molecule is Cc1ccccc1CN(C)c1cc(C(N)=O)c(N)cn1. The lowest BCUT2D eigenvalue weighted by molar-refractivity contribution is 0.100. The molecule has 1 heterocycles. The van der Waals surface area contributed by atoms with Gasteiger partial charge >= 0.3 is 0 Å². The topological polar surface area (TPSA) is 85.2 Å². The fourth-order valence-electron chi connectivity index (χ4n) is 2.00. The molecule has 1 aromatic carbocycles. The number of aromatic nitrogens is 1. The third kappa shape index (κ3) is 2.88. The summed E-state index contributed by atoms with van der Waals surface area (Å²) in [6, 6.07) is 9.76. The Morgan fingerprint density at radius 2 is 2.05 bits per heavy atom. The Morgan fingerprint density at radius 3 is 2.70 bits per heavy atom. The average Bonchev–Trinajstić information content (AvgIpc) is 2.41. The van der Waals surface area contributed by atoms with Gasteiger partial charge in [-0.3, -0.25) is 4.79 Å². The molecule has 5 heteroatoms. The summed E-state index contributed by atoms with van der Waals surface area (Å²) in [4.78, 5) is 17.5. The van der Waals surface area contributed by atoms with Crippen molar-refractivity contribution in [1.82, 2.24) is 4.98 Å². The van der Waals surface area contributed by atoms with Gasteiger partial charge in [-0.1, -0.05) is 24.3 Å². The van der Waals surface area contributed by atoms with E-state index in [1.54, 1.807) is 6.07 Å². The maximum absolute atomic E-state index is 11.3. The Labute approximate surface area is 118 Å². The molecule has 4 N–H and O–H groups in total. The van der Waals surface area contributed by atoms with Crippen LogP contribution in [-0.4, -0.2) is 17.9 Å². The van der Waals surface area contributed by atoms with Crippen molar-refractivity contribution in [3.05, 3.63) is 53.2 Å². The predicted molar refractivity (Wildman–Crippen MR) is 80.5 cm³/mol. The van der Waals surface area contributed by atoms with Gasteiger partial charge in [0.05, 0.1) is 17.4 Å². The van der Waals surface area contributed by atoms with Gasteiger partial charge in [-0.25, -0.2) is 4.98 Å². The molecule has 0 atom stereocenters. The highest BCUT2D eigenvalue weighted by Crippen LogP contribution is 2.19. The third-order valence-electron chi connectivity index (χ3n) is 3.25. The fourth-order valence-corrected chi connectivity index (χ4v) is 2.00. The molecule has 20 heavy (non-hydrogen) atoms. The minimum Gasteiger partial charge on any atom is -0.397 e. The fraction of sp³-hybridized carbons (Fsp3) is 0.200. The molecule has 1 aromatic heterocycles. The first-order valence-electron chi connectivity index (χ1n) is 6.30. The van der Waals surface area contributed by atoms with Crippen LogP contribution in [0, 0.1) is 6.92 Å². The molecule has 0 radical (unpaired) electrons. The lowest BCUT2D eigenvalue weighted by atomic mass is 10.1. The number of anilines is 2. The zero-order valence-corrected chi connectivity index (χ0v) is 11.6. The lowest BCUT2D eigenvalue weighted by Gasteiger charge is -2.20. The summed E-state index contributed by atoms with van der Waals surface area (Å²) >= 11 is 0. The third-order valence-corrected chi connectivity index (χ3v) is 3.25. The van der Waals surface area contributed by atoms with E-state index < -0.39 is 5.91 Å². The van der Waals surface area contributed by atoms with Crippen LogP contribution in [0.3, 0.4) is 0 Å². The van der Waals surface area contributed by atoms with E-state index >= 15 is 0 Å². The van der Waals surface area contributed by atoms with Crippen LogP contribution in [-0.2, 0) is 6.54 Å². The normalized spacial score (nSPS) is 10.3. The van der Waals surface area contributed by atoms with Crippen LogP contribution in [0.1, 0.15) is 21.5 Å². The van der Waals surface area contributed by atoms with Gasteiger partial charge in [-0.15, -0.1) is 0 Å². The Morgan fingerprint density at radius 1 is 1.35 bits per heavy atom. The highest BCUT2D eigenvalue weighted by atomic mass is 16.1. The highest BCUT2D eigenvalue weighted by molar-refractivity contribution is 5.98. The molecule has 5 nitrogen and oxygen atoms in total. The molecule has 0 aliphatic heterocycles. The number of amides is 1. The summed E-state index contributed by atoms with van der Waals surface area (Å²) in [5.41, 5.74) is 14.0. The number of aryl methyl sites for hydroxylation is 1. The van der Waals surface area contributed by atoms with Crippen LogP contribution in [0.25, 0.3) is 0 Å². The van der Waals surface area contributed by atoms with Gasteiger partial charge in [-0.2, -0.15) is 0 Å². The lowest BCUT2D eigenvalue weighted by Crippen LogP contribution is -2.20. The van der Waals surface area contributed by atoms with E-state index in [1.165, 1.54) is 17.3 Å². The van der Waals surface area contributed by atoms with E-state index in [2.05, 4.69) is 24.0 Å². The van der Waals surface area contributed by atoms with Gasteiger partial charge in [0.1, 0.15) is 5.82 Å². The van der Waals surface area contributed by atoms with Crippen molar-refractivity contribution in [2.45, 2.75) is 13.5 Å². The van der Waals surface area contributed by atoms with E-state index in [9.17, 15) is 4.79 Å². The number of benzene rings is 1. The Hall–Kier alpha value is -2.56. The van der Waals surface area contributed by atoms with Crippen LogP contribution in [0.15, 0.2) is 36.5 Å². The summed E-state index contributed by atoms with van der Waals surface area (Å²) in [5, 5.41) is 0. The van der Waals surface area contributed by atoms with E-state index in [4.69, 9.17) is 11.5 Å². The second-order valence-electron chi connectivity index (χ2n) is 4.78. The molecular weight excluding hydrogens is 252 g/mol. The highest BCUT2D eigenvalue weighted by Gasteiger charge is 2.11. The molecule has 0 saturated carbocycles. The smallest absolute Gasteiger partial charge is 0.250 e. The zero-order valence-electron chi connectivity index (χ0n) is 11.6. The van der Waals surface area contributed by atoms with Crippen molar-refractivity contribution in [1.29, 1.82) is 0 Å². The van der Waals surface area contributed by atoms with Crippen molar-refractivity contribution in [2.24, 2.45) is 5.73 Å². The molecule has 0 aliphatic carbocycles. The Balaban J connectivity index is 2.26. The number of carbonyl (C=O) groups is 1. The molecule has 0 bridgehead atoms. The van der Waals surface area contributed by atoms with Crippen molar-refractivity contribution >= 4 is 17.4 Å². The number of nitrogen functional groups attached to an aromatic ring is 1. The molecular formula is C15H18N4O. The van der Waals surface area contributed by atoms with Crippen LogP contribution in [0.2, 0.25) is 0 Å². The van der Waals surface area contributed by atoms with Gasteiger partial charge in [0.25, 0.3) is 5.91 Å². The number of primary amides is 1. The first-order chi connectivity index (χ1) is 9.49. The van der Waals surface area contributed by atoms with Crippen molar-refractivity contribution in [3.8, 4) is 0 Å². The monoisotopic (exact) mass is 270 g/mol. The number of nitrogens with two attached hydrogens (primary N) is 2.